The molecule has 0 saturated heterocycles. The number of nitrogens with zero attached hydrogens (tertiary/aromatic N) is 2. The van der Waals surface area contributed by atoms with E-state index in [1.807, 2.05) is 53.5 Å². The highest BCUT2D eigenvalue weighted by Gasteiger charge is 2.41. The maximum Gasteiger partial charge on any atom is 0.215 e. The summed E-state index contributed by atoms with van der Waals surface area (Å²) in [5.41, 5.74) is 3.98. The summed E-state index contributed by atoms with van der Waals surface area (Å²) in [4.78, 5) is 0. The summed E-state index contributed by atoms with van der Waals surface area (Å²) in [7, 11) is 1.66. The fraction of sp³-hybridized carbons (Fsp3) is 0.174. The van der Waals surface area contributed by atoms with Crippen molar-refractivity contribution < 1.29 is 9.47 Å². The maximum atomic E-state index is 6.53. The van der Waals surface area contributed by atoms with E-state index in [4.69, 9.17) is 37.8 Å². The lowest BCUT2D eigenvalue weighted by molar-refractivity contribution is -0.0190. The highest BCUT2D eigenvalue weighted by atomic mass is 79.9. The first kappa shape index (κ1) is 19.7. The van der Waals surface area contributed by atoms with Crippen molar-refractivity contribution in [2.75, 3.05) is 7.11 Å². The van der Waals surface area contributed by atoms with Crippen molar-refractivity contribution in [3.8, 4) is 11.5 Å². The molecule has 3 aromatic rings. The molecule has 0 amide bonds. The van der Waals surface area contributed by atoms with Crippen LogP contribution in [0.3, 0.4) is 0 Å². The minimum atomic E-state index is -0.441. The largest absolute Gasteiger partial charge is 0.497 e. The topological polar surface area (TPSA) is 34.1 Å². The van der Waals surface area contributed by atoms with Crippen molar-refractivity contribution in [3.63, 3.8) is 0 Å². The van der Waals surface area contributed by atoms with Crippen LogP contribution >= 0.6 is 39.1 Å². The van der Waals surface area contributed by atoms with E-state index in [0.29, 0.717) is 10.0 Å². The molecule has 4 nitrogen and oxygen atoms in total. The van der Waals surface area contributed by atoms with Gasteiger partial charge in [0.05, 0.1) is 23.9 Å². The molecular formula is C23H17BrCl2N2O2. The summed E-state index contributed by atoms with van der Waals surface area (Å²) in [6, 6.07) is 19.5. The highest BCUT2D eigenvalue weighted by molar-refractivity contribution is 9.10. The molecule has 0 saturated carbocycles. The molecule has 2 aliphatic heterocycles. The molecule has 0 fully saturated rings. The predicted molar refractivity (Wildman–Crippen MR) is 123 cm³/mol. The fourth-order valence-electron chi connectivity index (χ4n) is 3.92. The van der Waals surface area contributed by atoms with Gasteiger partial charge in [-0.25, -0.2) is 5.01 Å². The lowest BCUT2D eigenvalue weighted by atomic mass is 9.96. The SMILES string of the molecule is COc1ccc(C2=NN3[C@H](C2)c2cc(Br)ccc2O[C@@H]3c2ccc(Cl)cc2Cl)cc1. The van der Waals surface area contributed by atoms with Crippen LogP contribution in [0.5, 0.6) is 11.5 Å². The van der Waals surface area contributed by atoms with E-state index in [0.717, 1.165) is 44.8 Å². The van der Waals surface area contributed by atoms with E-state index >= 15 is 0 Å². The summed E-state index contributed by atoms with van der Waals surface area (Å²) in [6.07, 6.45) is 0.324. The number of fused-ring (bicyclic) bond motifs is 3. The maximum absolute atomic E-state index is 6.53. The zero-order chi connectivity index (χ0) is 20.8. The number of hydrogen-bond donors (Lipinski definition) is 0. The Morgan fingerprint density at radius 1 is 1.03 bits per heavy atom. The Morgan fingerprint density at radius 3 is 2.57 bits per heavy atom. The Labute approximate surface area is 193 Å². The number of methoxy groups -OCH3 is 1. The first-order chi connectivity index (χ1) is 14.5. The van der Waals surface area contributed by atoms with E-state index in [2.05, 4.69) is 22.0 Å². The fourth-order valence-corrected chi connectivity index (χ4v) is 4.80. The van der Waals surface area contributed by atoms with Gasteiger partial charge in [-0.15, -0.1) is 0 Å². The standard InChI is InChI=1S/C23H17BrCl2N2O2/c1-29-16-6-2-13(3-7-16)20-12-21-18-10-14(24)4-9-22(18)30-23(28(21)27-20)17-8-5-15(25)11-19(17)26/h2-11,21,23H,12H2,1H3/t21-,23-/m1/s1. The van der Waals surface area contributed by atoms with E-state index < -0.39 is 6.23 Å². The normalized spacial score (nSPS) is 19.6. The lowest BCUT2D eigenvalue weighted by Gasteiger charge is -2.38. The summed E-state index contributed by atoms with van der Waals surface area (Å²) >= 11 is 16.2. The number of hydrazone groups is 1. The van der Waals surface area contributed by atoms with Crippen molar-refractivity contribution in [2.45, 2.75) is 18.7 Å². The molecule has 0 spiro atoms. The number of ether oxygens (including phenoxy) is 2. The van der Waals surface area contributed by atoms with Gasteiger partial charge < -0.3 is 9.47 Å². The molecule has 2 aliphatic rings. The van der Waals surface area contributed by atoms with Gasteiger partial charge in [-0.05, 0) is 60.2 Å². The average molecular weight is 504 g/mol. The van der Waals surface area contributed by atoms with Gasteiger partial charge in [0.15, 0.2) is 0 Å². The Balaban J connectivity index is 1.59. The van der Waals surface area contributed by atoms with Crippen LogP contribution in [0.2, 0.25) is 10.0 Å². The smallest absolute Gasteiger partial charge is 0.215 e. The molecule has 0 aromatic heterocycles. The Hall–Kier alpha value is -2.21. The van der Waals surface area contributed by atoms with Crippen LogP contribution in [0.25, 0.3) is 0 Å². The Morgan fingerprint density at radius 2 is 1.83 bits per heavy atom. The van der Waals surface area contributed by atoms with Crippen LogP contribution in [0.15, 0.2) is 70.2 Å². The second-order valence-corrected chi connectivity index (χ2v) is 8.95. The molecule has 5 rings (SSSR count). The Bertz CT molecular complexity index is 1150. The highest BCUT2D eigenvalue weighted by Crippen LogP contribution is 2.49. The van der Waals surface area contributed by atoms with Crippen molar-refractivity contribution in [1.29, 1.82) is 0 Å². The molecule has 0 unspecified atom stereocenters. The monoisotopic (exact) mass is 502 g/mol. The number of benzene rings is 3. The molecule has 152 valence electrons. The van der Waals surface area contributed by atoms with Gasteiger partial charge in [-0.2, -0.15) is 5.10 Å². The summed E-state index contributed by atoms with van der Waals surface area (Å²) in [6.45, 7) is 0. The third kappa shape index (κ3) is 3.45. The minimum Gasteiger partial charge on any atom is -0.497 e. The summed E-state index contributed by atoms with van der Waals surface area (Å²) < 4.78 is 12.7. The number of rotatable bonds is 3. The van der Waals surface area contributed by atoms with E-state index in [-0.39, 0.29) is 6.04 Å². The third-order valence-electron chi connectivity index (χ3n) is 5.40. The number of halogens is 3. The van der Waals surface area contributed by atoms with Crippen molar-refractivity contribution in [3.05, 3.63) is 91.9 Å². The minimum absolute atomic E-state index is 0.0418. The van der Waals surface area contributed by atoms with Crippen LogP contribution in [0.1, 0.15) is 35.4 Å². The van der Waals surface area contributed by atoms with Crippen LogP contribution in [0, 0.1) is 0 Å². The van der Waals surface area contributed by atoms with E-state index in [9.17, 15) is 0 Å². The zero-order valence-corrected chi connectivity index (χ0v) is 19.1. The molecule has 7 heteroatoms. The molecule has 0 bridgehead atoms. The zero-order valence-electron chi connectivity index (χ0n) is 16.0. The first-order valence-electron chi connectivity index (χ1n) is 9.45. The van der Waals surface area contributed by atoms with E-state index in [1.54, 1.807) is 13.2 Å². The molecule has 2 atom stereocenters. The quantitative estimate of drug-likeness (QED) is 0.385. The average Bonchev–Trinajstić information content (AvgIpc) is 3.19. The summed E-state index contributed by atoms with van der Waals surface area (Å²) in [5.74, 6) is 1.65. The van der Waals surface area contributed by atoms with Gasteiger partial charge in [0, 0.05) is 27.0 Å². The van der Waals surface area contributed by atoms with Gasteiger partial charge in [0.2, 0.25) is 6.23 Å². The molecule has 2 heterocycles. The molecular weight excluding hydrogens is 487 g/mol. The second-order valence-electron chi connectivity index (χ2n) is 7.19. The Kier molecular flexibility index (Phi) is 5.13. The van der Waals surface area contributed by atoms with Gasteiger partial charge >= 0.3 is 0 Å². The van der Waals surface area contributed by atoms with Gasteiger partial charge in [0.1, 0.15) is 11.5 Å². The number of hydrogen-bond acceptors (Lipinski definition) is 4. The lowest BCUT2D eigenvalue weighted by Crippen LogP contribution is -2.33. The predicted octanol–water partition coefficient (Wildman–Crippen LogP) is 7.01. The van der Waals surface area contributed by atoms with Crippen LogP contribution in [-0.4, -0.2) is 17.8 Å². The molecule has 30 heavy (non-hydrogen) atoms. The van der Waals surface area contributed by atoms with E-state index in [1.165, 1.54) is 0 Å². The van der Waals surface area contributed by atoms with Crippen LogP contribution in [-0.2, 0) is 0 Å². The first-order valence-corrected chi connectivity index (χ1v) is 11.0. The van der Waals surface area contributed by atoms with Gasteiger partial charge in [-0.3, -0.25) is 0 Å². The van der Waals surface area contributed by atoms with Gasteiger partial charge in [0.25, 0.3) is 0 Å². The summed E-state index contributed by atoms with van der Waals surface area (Å²) in [5, 5.41) is 8.11. The van der Waals surface area contributed by atoms with Crippen molar-refractivity contribution >= 4 is 44.8 Å². The molecule has 0 N–H and O–H groups in total. The van der Waals surface area contributed by atoms with Crippen LogP contribution < -0.4 is 9.47 Å². The molecule has 0 aliphatic carbocycles. The van der Waals surface area contributed by atoms with Gasteiger partial charge in [-0.1, -0.05) is 45.2 Å². The second kappa shape index (κ2) is 7.80. The van der Waals surface area contributed by atoms with Crippen LogP contribution in [0.4, 0.5) is 0 Å². The molecule has 0 radical (unpaired) electrons. The van der Waals surface area contributed by atoms with Crippen molar-refractivity contribution in [2.24, 2.45) is 5.10 Å². The molecule has 3 aromatic carbocycles. The van der Waals surface area contributed by atoms with Crippen molar-refractivity contribution in [1.82, 2.24) is 5.01 Å². The third-order valence-corrected chi connectivity index (χ3v) is 6.46.